The average molecular weight is 535 g/mol. The minimum absolute atomic E-state index is 0.118. The fraction of sp³-hybridized carbons (Fsp3) is 0.519. The number of hydrogen-bond donors (Lipinski definition) is 2. The van der Waals surface area contributed by atoms with Gasteiger partial charge < -0.3 is 19.5 Å². The van der Waals surface area contributed by atoms with Crippen LogP contribution in [-0.4, -0.2) is 44.7 Å². The molecule has 1 heterocycles. The lowest BCUT2D eigenvalue weighted by Gasteiger charge is -2.25. The van der Waals surface area contributed by atoms with E-state index in [0.29, 0.717) is 54.6 Å². The molecule has 1 fully saturated rings. The Balaban J connectivity index is 1.75. The summed E-state index contributed by atoms with van der Waals surface area (Å²) in [6.07, 6.45) is 3.86. The van der Waals surface area contributed by atoms with Crippen LogP contribution in [0.15, 0.2) is 24.3 Å². The maximum Gasteiger partial charge on any atom is 0.306 e. The Morgan fingerprint density at radius 1 is 1.17 bits per heavy atom. The number of ether oxygens (including phenoxy) is 1. The Morgan fingerprint density at radius 3 is 2.44 bits per heavy atom. The third-order valence-electron chi connectivity index (χ3n) is 6.47. The number of imidazole rings is 1. The predicted molar refractivity (Wildman–Crippen MR) is 139 cm³/mol. The Hall–Kier alpha value is -2.53. The molecule has 36 heavy (non-hydrogen) atoms. The van der Waals surface area contributed by atoms with Crippen LogP contribution in [0.3, 0.4) is 0 Å². The maximum absolute atomic E-state index is 13.4. The Kier molecular flexibility index (Phi) is 9.84. The summed E-state index contributed by atoms with van der Waals surface area (Å²) in [6.45, 7) is 4.02. The van der Waals surface area contributed by atoms with Crippen LogP contribution in [0.1, 0.15) is 68.6 Å². The molecule has 194 valence electrons. The number of carboxylic acids is 1. The fourth-order valence-electron chi connectivity index (χ4n) is 4.20. The van der Waals surface area contributed by atoms with Gasteiger partial charge in [-0.25, -0.2) is 4.98 Å². The first-order valence-corrected chi connectivity index (χ1v) is 12.9. The van der Waals surface area contributed by atoms with Crippen LogP contribution in [0.25, 0.3) is 0 Å². The first-order valence-electron chi connectivity index (χ1n) is 12.1. The molecule has 3 rings (SSSR count). The molecule has 0 saturated heterocycles. The van der Waals surface area contributed by atoms with Crippen molar-refractivity contribution in [2.45, 2.75) is 58.9 Å². The fourth-order valence-corrected chi connectivity index (χ4v) is 4.58. The van der Waals surface area contributed by atoms with Crippen molar-refractivity contribution in [2.75, 3.05) is 13.2 Å². The number of aromatic nitrogens is 2. The lowest BCUT2D eigenvalue weighted by atomic mass is 9.79. The monoisotopic (exact) mass is 534 g/mol. The number of benzene rings is 1. The van der Waals surface area contributed by atoms with Gasteiger partial charge in [-0.2, -0.15) is 0 Å². The number of nitrogens with zero attached hydrogens (tertiary/aromatic N) is 2. The van der Waals surface area contributed by atoms with E-state index in [4.69, 9.17) is 27.9 Å². The first kappa shape index (κ1) is 28.0. The number of carbonyl (C=O) groups excluding carboxylic acids is 1. The zero-order chi connectivity index (χ0) is 26.3. The summed E-state index contributed by atoms with van der Waals surface area (Å²) >= 11 is 12.4. The summed E-state index contributed by atoms with van der Waals surface area (Å²) in [4.78, 5) is 29.0. The van der Waals surface area contributed by atoms with Gasteiger partial charge in [0.15, 0.2) is 5.78 Å². The van der Waals surface area contributed by atoms with Gasteiger partial charge in [0.1, 0.15) is 23.7 Å². The van der Waals surface area contributed by atoms with E-state index >= 15 is 0 Å². The van der Waals surface area contributed by atoms with E-state index in [9.17, 15) is 19.8 Å². The van der Waals surface area contributed by atoms with Crippen LogP contribution in [-0.2, 0) is 11.3 Å². The van der Waals surface area contributed by atoms with Crippen LogP contribution in [0.5, 0.6) is 5.75 Å². The van der Waals surface area contributed by atoms with E-state index in [2.05, 4.69) is 16.8 Å². The molecule has 0 aliphatic heterocycles. The van der Waals surface area contributed by atoms with Gasteiger partial charge in [0.05, 0.1) is 19.1 Å². The van der Waals surface area contributed by atoms with Crippen LogP contribution in [0.2, 0.25) is 10.3 Å². The van der Waals surface area contributed by atoms with Crippen LogP contribution < -0.4 is 4.74 Å². The highest BCUT2D eigenvalue weighted by atomic mass is 35.5. The van der Waals surface area contributed by atoms with Crippen molar-refractivity contribution in [1.29, 1.82) is 0 Å². The van der Waals surface area contributed by atoms with E-state index < -0.39 is 11.4 Å². The number of carbonyl (C=O) groups is 2. The number of ketones is 1. The number of aliphatic hydroxyl groups excluding tert-OH is 1. The number of aliphatic hydroxyl groups is 1. The molecule has 9 heteroatoms. The molecule has 0 atom stereocenters. The van der Waals surface area contributed by atoms with Crippen LogP contribution in [0.4, 0.5) is 0 Å². The number of aliphatic carboxylic acids is 1. The molecule has 1 aromatic heterocycles. The van der Waals surface area contributed by atoms with Crippen molar-refractivity contribution < 1.29 is 24.5 Å². The molecular weight excluding hydrogens is 503 g/mol. The average Bonchev–Trinajstić information content (AvgIpc) is 3.18. The summed E-state index contributed by atoms with van der Waals surface area (Å²) < 4.78 is 7.41. The van der Waals surface area contributed by atoms with Gasteiger partial charge in [-0.05, 0) is 93.7 Å². The van der Waals surface area contributed by atoms with E-state index in [0.717, 1.165) is 12.8 Å². The third kappa shape index (κ3) is 7.73. The zero-order valence-corrected chi connectivity index (χ0v) is 22.1. The highest BCUT2D eigenvalue weighted by Crippen LogP contribution is 2.32. The number of hydrogen-bond acceptors (Lipinski definition) is 5. The molecule has 1 aliphatic carbocycles. The molecular formula is C27H32Cl2N2O5. The Morgan fingerprint density at radius 2 is 1.83 bits per heavy atom. The minimum Gasteiger partial charge on any atom is -0.492 e. The molecule has 1 aromatic carbocycles. The highest BCUT2D eigenvalue weighted by Gasteiger charge is 2.28. The molecule has 2 aromatic rings. The molecule has 0 bridgehead atoms. The van der Waals surface area contributed by atoms with E-state index in [1.54, 1.807) is 42.7 Å². The SMILES string of the molecule is CC(C)(C#Cc1nc(Cl)n(CCOc2ccc(Cl)cc2)c1C(=O)CCC1CCC(C(=O)O)CC1)CO. The van der Waals surface area contributed by atoms with Crippen molar-refractivity contribution >= 4 is 35.0 Å². The quantitative estimate of drug-likeness (QED) is 0.308. The highest BCUT2D eigenvalue weighted by molar-refractivity contribution is 6.30. The maximum atomic E-state index is 13.4. The molecule has 0 radical (unpaired) electrons. The molecule has 1 aliphatic rings. The van der Waals surface area contributed by atoms with Crippen molar-refractivity contribution in [3.63, 3.8) is 0 Å². The molecule has 1 saturated carbocycles. The van der Waals surface area contributed by atoms with Gasteiger partial charge in [0, 0.05) is 16.9 Å². The summed E-state index contributed by atoms with van der Waals surface area (Å²) in [5, 5.41) is 19.5. The van der Waals surface area contributed by atoms with Crippen molar-refractivity contribution in [2.24, 2.45) is 17.3 Å². The second-order valence-electron chi connectivity index (χ2n) is 9.84. The standard InChI is InChI=1S/C27H32Cl2N2O5/c1-27(2,17-32)14-13-22-24(23(33)12-5-18-3-6-19(7-4-18)25(34)35)31(26(29)30-22)15-16-36-21-10-8-20(28)9-11-21/h8-11,18-19,32H,3-7,12,15-17H2,1-2H3,(H,34,35). The van der Waals surface area contributed by atoms with E-state index in [1.807, 2.05) is 0 Å². The van der Waals surface area contributed by atoms with Gasteiger partial charge in [-0.3, -0.25) is 9.59 Å². The largest absolute Gasteiger partial charge is 0.492 e. The topological polar surface area (TPSA) is 102 Å². The molecule has 0 unspecified atom stereocenters. The number of halogens is 2. The first-order chi connectivity index (χ1) is 17.1. The zero-order valence-electron chi connectivity index (χ0n) is 20.6. The van der Waals surface area contributed by atoms with E-state index in [1.165, 1.54) is 0 Å². The Bertz CT molecular complexity index is 1120. The lowest BCUT2D eigenvalue weighted by molar-refractivity contribution is -0.143. The second kappa shape index (κ2) is 12.6. The Labute approximate surface area is 221 Å². The summed E-state index contributed by atoms with van der Waals surface area (Å²) in [5.74, 6) is 5.75. The van der Waals surface area contributed by atoms with Crippen LogP contribution >= 0.6 is 23.2 Å². The van der Waals surface area contributed by atoms with Gasteiger partial charge >= 0.3 is 5.97 Å². The van der Waals surface area contributed by atoms with Gasteiger partial charge in [-0.1, -0.05) is 17.5 Å². The lowest BCUT2D eigenvalue weighted by Crippen LogP contribution is -2.22. The van der Waals surface area contributed by atoms with Gasteiger partial charge in [-0.15, -0.1) is 0 Å². The minimum atomic E-state index is -0.738. The number of Topliss-reactive ketones (excluding diaryl/α,β-unsaturated/α-hetero) is 1. The normalized spacial score (nSPS) is 17.8. The summed E-state index contributed by atoms with van der Waals surface area (Å²) in [6, 6.07) is 6.99. The van der Waals surface area contributed by atoms with E-state index in [-0.39, 0.29) is 35.9 Å². The summed E-state index contributed by atoms with van der Waals surface area (Å²) in [5.41, 5.74) is -0.0374. The number of rotatable bonds is 10. The number of carboxylic acid groups (broad SMARTS) is 1. The second-order valence-corrected chi connectivity index (χ2v) is 10.6. The van der Waals surface area contributed by atoms with Crippen LogP contribution in [0, 0.1) is 29.1 Å². The van der Waals surface area contributed by atoms with Gasteiger partial charge in [0.2, 0.25) is 5.28 Å². The molecule has 7 nitrogen and oxygen atoms in total. The van der Waals surface area contributed by atoms with Gasteiger partial charge in [0.25, 0.3) is 0 Å². The van der Waals surface area contributed by atoms with Crippen molar-refractivity contribution in [3.05, 3.63) is 46.0 Å². The predicted octanol–water partition coefficient (Wildman–Crippen LogP) is 5.49. The van der Waals surface area contributed by atoms with Crippen molar-refractivity contribution in [3.8, 4) is 17.6 Å². The molecule has 2 N–H and O–H groups in total. The molecule has 0 amide bonds. The smallest absolute Gasteiger partial charge is 0.306 e. The summed E-state index contributed by atoms with van der Waals surface area (Å²) in [7, 11) is 0. The van der Waals surface area contributed by atoms with Crippen molar-refractivity contribution in [1.82, 2.24) is 9.55 Å². The molecule has 0 spiro atoms. The third-order valence-corrected chi connectivity index (χ3v) is 7.01.